The second-order valence-corrected chi connectivity index (χ2v) is 5.03. The van der Waals surface area contributed by atoms with Crippen LogP contribution in [0.1, 0.15) is 19.4 Å². The smallest absolute Gasteiger partial charge is 0.0587 e. The van der Waals surface area contributed by atoms with Crippen LogP contribution in [-0.4, -0.2) is 26.8 Å². The molecule has 0 unspecified atom stereocenters. The van der Waals surface area contributed by atoms with Gasteiger partial charge in [-0.2, -0.15) is 0 Å². The van der Waals surface area contributed by atoms with Gasteiger partial charge in [0.2, 0.25) is 0 Å². The van der Waals surface area contributed by atoms with E-state index < -0.39 is 0 Å². The summed E-state index contributed by atoms with van der Waals surface area (Å²) in [4.78, 5) is 0. The number of rotatable bonds is 7. The molecule has 0 aliphatic rings. The lowest BCUT2D eigenvalue weighted by molar-refractivity contribution is 0.200. The van der Waals surface area contributed by atoms with Crippen molar-refractivity contribution >= 4 is 17.7 Å². The number of halogens is 1. The highest BCUT2D eigenvalue weighted by atomic mass is 35.5. The third-order valence-electron chi connectivity index (χ3n) is 2.75. The SMILES string of the molecule is COCCNCC(=Cc1cccc(Cl)c1)C(C)C. The van der Waals surface area contributed by atoms with Crippen molar-refractivity contribution in [2.24, 2.45) is 5.92 Å². The molecule has 0 bridgehead atoms. The molecule has 0 aliphatic carbocycles. The van der Waals surface area contributed by atoms with Crippen molar-refractivity contribution < 1.29 is 4.74 Å². The average Bonchev–Trinajstić information content (AvgIpc) is 2.33. The van der Waals surface area contributed by atoms with Crippen LogP contribution in [0.5, 0.6) is 0 Å². The summed E-state index contributed by atoms with van der Waals surface area (Å²) in [5.74, 6) is 0.513. The van der Waals surface area contributed by atoms with E-state index in [1.807, 2.05) is 18.2 Å². The van der Waals surface area contributed by atoms with Gasteiger partial charge in [0.1, 0.15) is 0 Å². The summed E-state index contributed by atoms with van der Waals surface area (Å²) < 4.78 is 5.02. The van der Waals surface area contributed by atoms with Gasteiger partial charge in [-0.15, -0.1) is 0 Å². The van der Waals surface area contributed by atoms with Crippen molar-refractivity contribution in [2.45, 2.75) is 13.8 Å². The quantitative estimate of drug-likeness (QED) is 0.762. The number of benzene rings is 1. The van der Waals surface area contributed by atoms with E-state index >= 15 is 0 Å². The predicted molar refractivity (Wildman–Crippen MR) is 79.0 cm³/mol. The first-order valence-electron chi connectivity index (χ1n) is 6.29. The molecule has 1 rings (SSSR count). The van der Waals surface area contributed by atoms with Crippen LogP contribution in [0.15, 0.2) is 29.8 Å². The van der Waals surface area contributed by atoms with Gasteiger partial charge in [0.15, 0.2) is 0 Å². The Morgan fingerprint density at radius 1 is 1.44 bits per heavy atom. The van der Waals surface area contributed by atoms with Gasteiger partial charge in [0.05, 0.1) is 6.61 Å². The molecule has 0 radical (unpaired) electrons. The molecule has 0 spiro atoms. The van der Waals surface area contributed by atoms with E-state index in [0.717, 1.165) is 30.3 Å². The van der Waals surface area contributed by atoms with Gasteiger partial charge < -0.3 is 10.1 Å². The summed E-state index contributed by atoms with van der Waals surface area (Å²) in [5.41, 5.74) is 2.52. The fraction of sp³-hybridized carbons (Fsp3) is 0.467. The molecular weight excluding hydrogens is 246 g/mol. The van der Waals surface area contributed by atoms with Crippen LogP contribution in [0.3, 0.4) is 0 Å². The van der Waals surface area contributed by atoms with Crippen LogP contribution in [0.2, 0.25) is 5.02 Å². The Morgan fingerprint density at radius 2 is 2.22 bits per heavy atom. The molecule has 0 aliphatic heterocycles. The number of nitrogens with one attached hydrogen (secondary N) is 1. The predicted octanol–water partition coefficient (Wildman–Crippen LogP) is 3.62. The van der Waals surface area contributed by atoms with E-state index in [4.69, 9.17) is 16.3 Å². The Balaban J connectivity index is 2.66. The van der Waals surface area contributed by atoms with Crippen molar-refractivity contribution in [1.29, 1.82) is 0 Å². The van der Waals surface area contributed by atoms with Gasteiger partial charge in [-0.1, -0.05) is 49.2 Å². The molecule has 0 fully saturated rings. The summed E-state index contributed by atoms with van der Waals surface area (Å²) in [5, 5.41) is 4.15. The van der Waals surface area contributed by atoms with Crippen LogP contribution < -0.4 is 5.32 Å². The maximum atomic E-state index is 5.99. The second kappa shape index (κ2) is 8.30. The van der Waals surface area contributed by atoms with Crippen molar-refractivity contribution in [2.75, 3.05) is 26.8 Å². The molecule has 0 saturated heterocycles. The molecule has 0 atom stereocenters. The minimum Gasteiger partial charge on any atom is -0.383 e. The van der Waals surface area contributed by atoms with Gasteiger partial charge in [0.25, 0.3) is 0 Å². The highest BCUT2D eigenvalue weighted by Gasteiger charge is 2.03. The molecule has 0 amide bonds. The molecule has 0 saturated carbocycles. The largest absolute Gasteiger partial charge is 0.383 e. The minimum atomic E-state index is 0.513. The number of hydrogen-bond donors (Lipinski definition) is 1. The topological polar surface area (TPSA) is 21.3 Å². The molecule has 0 heterocycles. The summed E-state index contributed by atoms with van der Waals surface area (Å²) in [6.45, 7) is 6.90. The van der Waals surface area contributed by atoms with Crippen LogP contribution in [0.25, 0.3) is 6.08 Å². The molecule has 18 heavy (non-hydrogen) atoms. The maximum absolute atomic E-state index is 5.99. The third kappa shape index (κ3) is 5.67. The van der Waals surface area contributed by atoms with Crippen LogP contribution in [0, 0.1) is 5.92 Å². The standard InChI is InChI=1S/C15H22ClNO/c1-12(2)14(11-17-7-8-18-3)9-13-5-4-6-15(16)10-13/h4-6,9-10,12,17H,7-8,11H2,1-3H3. The first kappa shape index (κ1) is 15.2. The Hall–Kier alpha value is -0.830. The molecule has 1 N–H and O–H groups in total. The zero-order valence-electron chi connectivity index (χ0n) is 11.4. The first-order chi connectivity index (χ1) is 8.63. The monoisotopic (exact) mass is 267 g/mol. The molecule has 1 aromatic carbocycles. The summed E-state index contributed by atoms with van der Waals surface area (Å²) in [7, 11) is 1.72. The third-order valence-corrected chi connectivity index (χ3v) is 2.99. The fourth-order valence-corrected chi connectivity index (χ4v) is 1.84. The lowest BCUT2D eigenvalue weighted by Gasteiger charge is -2.13. The van der Waals surface area contributed by atoms with Gasteiger partial charge in [-0.3, -0.25) is 0 Å². The Labute approximate surface area is 115 Å². The molecule has 100 valence electrons. The minimum absolute atomic E-state index is 0.513. The molecule has 3 heteroatoms. The van der Waals surface area contributed by atoms with Gasteiger partial charge in [-0.25, -0.2) is 0 Å². The van der Waals surface area contributed by atoms with E-state index in [9.17, 15) is 0 Å². The number of ether oxygens (including phenoxy) is 1. The van der Waals surface area contributed by atoms with E-state index in [0.29, 0.717) is 5.92 Å². The maximum Gasteiger partial charge on any atom is 0.0587 e. The van der Waals surface area contributed by atoms with Crippen molar-refractivity contribution in [3.8, 4) is 0 Å². The first-order valence-corrected chi connectivity index (χ1v) is 6.67. The average molecular weight is 268 g/mol. The lowest BCUT2D eigenvalue weighted by Crippen LogP contribution is -2.23. The highest BCUT2D eigenvalue weighted by Crippen LogP contribution is 2.17. The summed E-state index contributed by atoms with van der Waals surface area (Å²) >= 11 is 5.99. The van der Waals surface area contributed by atoms with Crippen LogP contribution >= 0.6 is 11.6 Å². The van der Waals surface area contributed by atoms with E-state index in [-0.39, 0.29) is 0 Å². The number of methoxy groups -OCH3 is 1. The van der Waals surface area contributed by atoms with Crippen LogP contribution in [-0.2, 0) is 4.74 Å². The zero-order valence-corrected chi connectivity index (χ0v) is 12.1. The summed E-state index contributed by atoms with van der Waals surface area (Å²) in [6, 6.07) is 7.93. The van der Waals surface area contributed by atoms with Gasteiger partial charge in [0, 0.05) is 25.2 Å². The van der Waals surface area contributed by atoms with Crippen molar-refractivity contribution in [1.82, 2.24) is 5.32 Å². The lowest BCUT2D eigenvalue weighted by atomic mass is 10.0. The normalized spacial score (nSPS) is 12.2. The summed E-state index contributed by atoms with van der Waals surface area (Å²) in [6.07, 6.45) is 2.20. The molecule has 0 aromatic heterocycles. The van der Waals surface area contributed by atoms with Gasteiger partial charge in [-0.05, 0) is 23.6 Å². The van der Waals surface area contributed by atoms with E-state index in [2.05, 4.69) is 31.3 Å². The number of hydrogen-bond acceptors (Lipinski definition) is 2. The van der Waals surface area contributed by atoms with E-state index in [1.165, 1.54) is 5.57 Å². The van der Waals surface area contributed by atoms with Crippen molar-refractivity contribution in [3.63, 3.8) is 0 Å². The molecule has 1 aromatic rings. The van der Waals surface area contributed by atoms with Crippen molar-refractivity contribution in [3.05, 3.63) is 40.4 Å². The fourth-order valence-electron chi connectivity index (χ4n) is 1.64. The Bertz CT molecular complexity index is 388. The second-order valence-electron chi connectivity index (χ2n) is 4.60. The Kier molecular flexibility index (Phi) is 7.02. The van der Waals surface area contributed by atoms with Crippen LogP contribution in [0.4, 0.5) is 0 Å². The van der Waals surface area contributed by atoms with E-state index in [1.54, 1.807) is 7.11 Å². The molecular formula is C15H22ClNO. The molecule has 2 nitrogen and oxygen atoms in total. The zero-order chi connectivity index (χ0) is 13.4. The van der Waals surface area contributed by atoms with Gasteiger partial charge >= 0.3 is 0 Å². The highest BCUT2D eigenvalue weighted by molar-refractivity contribution is 6.30. The Morgan fingerprint density at radius 3 is 2.83 bits per heavy atom.